The average Bonchev–Trinajstić information content (AvgIpc) is 2.78. The van der Waals surface area contributed by atoms with Gasteiger partial charge in [0, 0.05) is 16.3 Å². The van der Waals surface area contributed by atoms with E-state index in [0.717, 1.165) is 11.1 Å². The summed E-state index contributed by atoms with van der Waals surface area (Å²) in [7, 11) is 1.53. The number of amides is 1. The smallest absolute Gasteiger partial charge is 0.266 e. The highest BCUT2D eigenvalue weighted by Crippen LogP contribution is 2.30. The van der Waals surface area contributed by atoms with Crippen molar-refractivity contribution in [2.24, 2.45) is 0 Å². The third-order valence-electron chi connectivity index (χ3n) is 4.51. The number of methoxy groups -OCH3 is 1. The van der Waals surface area contributed by atoms with E-state index in [4.69, 9.17) is 21.1 Å². The molecule has 0 atom stereocenters. The van der Waals surface area contributed by atoms with Gasteiger partial charge in [-0.3, -0.25) is 4.79 Å². The van der Waals surface area contributed by atoms with Crippen LogP contribution in [0.1, 0.15) is 16.7 Å². The number of carbonyl (C=O) groups is 1. The van der Waals surface area contributed by atoms with Crippen LogP contribution in [0.2, 0.25) is 5.02 Å². The van der Waals surface area contributed by atoms with Crippen molar-refractivity contribution in [1.82, 2.24) is 0 Å². The number of anilines is 1. The first kappa shape index (κ1) is 21.9. The van der Waals surface area contributed by atoms with Crippen molar-refractivity contribution in [3.05, 3.63) is 94.0 Å². The molecule has 0 saturated carbocycles. The molecule has 0 spiro atoms. The SMILES string of the molecule is COc1cc(/C=C(/C#N)C(=O)Nc2ccc(C)cc2)ccc1OCc1ccccc1Cl. The Hall–Kier alpha value is -3.75. The predicted octanol–water partition coefficient (Wildman–Crippen LogP) is 5.78. The van der Waals surface area contributed by atoms with Crippen LogP contribution in [0.25, 0.3) is 6.08 Å². The van der Waals surface area contributed by atoms with Crippen molar-refractivity contribution in [1.29, 1.82) is 5.26 Å². The van der Waals surface area contributed by atoms with Gasteiger partial charge in [-0.05, 0) is 48.9 Å². The first-order valence-electron chi connectivity index (χ1n) is 9.54. The van der Waals surface area contributed by atoms with E-state index in [-0.39, 0.29) is 12.2 Å². The molecule has 31 heavy (non-hydrogen) atoms. The van der Waals surface area contributed by atoms with Crippen LogP contribution in [-0.2, 0) is 11.4 Å². The zero-order chi connectivity index (χ0) is 22.2. The maximum atomic E-state index is 12.5. The van der Waals surface area contributed by atoms with Gasteiger partial charge in [-0.2, -0.15) is 5.26 Å². The molecule has 156 valence electrons. The van der Waals surface area contributed by atoms with Crippen LogP contribution in [0.4, 0.5) is 5.69 Å². The van der Waals surface area contributed by atoms with Gasteiger partial charge in [-0.1, -0.05) is 53.6 Å². The molecule has 0 aliphatic heterocycles. The monoisotopic (exact) mass is 432 g/mol. The number of halogens is 1. The van der Waals surface area contributed by atoms with E-state index in [0.29, 0.717) is 27.8 Å². The molecule has 0 radical (unpaired) electrons. The molecule has 1 N–H and O–H groups in total. The summed E-state index contributed by atoms with van der Waals surface area (Å²) in [6, 6.07) is 21.9. The van der Waals surface area contributed by atoms with Crippen LogP contribution in [0.15, 0.2) is 72.3 Å². The molecule has 0 unspecified atom stereocenters. The van der Waals surface area contributed by atoms with Gasteiger partial charge in [0.05, 0.1) is 7.11 Å². The molecular weight excluding hydrogens is 412 g/mol. The van der Waals surface area contributed by atoms with Gasteiger partial charge in [0.25, 0.3) is 5.91 Å². The number of hydrogen-bond donors (Lipinski definition) is 1. The van der Waals surface area contributed by atoms with Crippen molar-refractivity contribution < 1.29 is 14.3 Å². The largest absolute Gasteiger partial charge is 0.493 e. The Morgan fingerprint density at radius 3 is 2.52 bits per heavy atom. The van der Waals surface area contributed by atoms with Crippen LogP contribution in [0, 0.1) is 18.3 Å². The van der Waals surface area contributed by atoms with Crippen molar-refractivity contribution in [3.63, 3.8) is 0 Å². The second kappa shape index (κ2) is 10.3. The quantitative estimate of drug-likeness (QED) is 0.379. The first-order chi connectivity index (χ1) is 15.0. The van der Waals surface area contributed by atoms with Crippen molar-refractivity contribution in [3.8, 4) is 17.6 Å². The minimum atomic E-state index is -0.482. The Labute approximate surface area is 186 Å². The summed E-state index contributed by atoms with van der Waals surface area (Å²) in [5.74, 6) is 0.531. The minimum Gasteiger partial charge on any atom is -0.493 e. The van der Waals surface area contributed by atoms with Gasteiger partial charge >= 0.3 is 0 Å². The van der Waals surface area contributed by atoms with E-state index in [2.05, 4.69) is 5.32 Å². The van der Waals surface area contributed by atoms with E-state index in [1.165, 1.54) is 13.2 Å². The van der Waals surface area contributed by atoms with E-state index >= 15 is 0 Å². The van der Waals surface area contributed by atoms with Crippen LogP contribution < -0.4 is 14.8 Å². The summed E-state index contributed by atoms with van der Waals surface area (Å²) in [6.07, 6.45) is 1.50. The van der Waals surface area contributed by atoms with Crippen LogP contribution in [0.3, 0.4) is 0 Å². The van der Waals surface area contributed by atoms with E-state index < -0.39 is 5.91 Å². The third-order valence-corrected chi connectivity index (χ3v) is 4.88. The summed E-state index contributed by atoms with van der Waals surface area (Å²) in [5, 5.41) is 12.8. The van der Waals surface area contributed by atoms with E-state index in [1.807, 2.05) is 43.3 Å². The Kier molecular flexibility index (Phi) is 7.31. The molecule has 0 aliphatic rings. The number of hydrogen-bond acceptors (Lipinski definition) is 4. The Morgan fingerprint density at radius 1 is 1.10 bits per heavy atom. The van der Waals surface area contributed by atoms with Crippen LogP contribution >= 0.6 is 11.6 Å². The lowest BCUT2D eigenvalue weighted by Crippen LogP contribution is -2.13. The molecule has 3 rings (SSSR count). The summed E-state index contributed by atoms with van der Waals surface area (Å²) in [6.45, 7) is 2.25. The molecule has 0 aromatic heterocycles. The highest BCUT2D eigenvalue weighted by molar-refractivity contribution is 6.31. The standard InChI is InChI=1S/C25H21ClN2O3/c1-17-7-10-21(11-8-17)28-25(29)20(15-27)13-18-9-12-23(24(14-18)30-2)31-16-19-5-3-4-6-22(19)26/h3-14H,16H2,1-2H3,(H,28,29)/b20-13-. The highest BCUT2D eigenvalue weighted by Gasteiger charge is 2.12. The molecule has 3 aromatic carbocycles. The van der Waals surface area contributed by atoms with Crippen molar-refractivity contribution in [2.45, 2.75) is 13.5 Å². The molecular formula is C25H21ClN2O3. The number of carbonyl (C=O) groups excluding carboxylic acids is 1. The molecule has 5 nitrogen and oxygen atoms in total. The van der Waals surface area contributed by atoms with Gasteiger partial charge < -0.3 is 14.8 Å². The molecule has 0 bridgehead atoms. The number of aryl methyl sites for hydroxylation is 1. The minimum absolute atomic E-state index is 0.0210. The highest BCUT2D eigenvalue weighted by atomic mass is 35.5. The summed E-state index contributed by atoms with van der Waals surface area (Å²) in [4.78, 5) is 12.5. The summed E-state index contributed by atoms with van der Waals surface area (Å²) >= 11 is 6.17. The number of rotatable bonds is 7. The van der Waals surface area contributed by atoms with Crippen molar-refractivity contribution >= 4 is 29.3 Å². The topological polar surface area (TPSA) is 71.3 Å². The second-order valence-corrected chi connectivity index (χ2v) is 7.19. The van der Waals surface area contributed by atoms with E-state index in [9.17, 15) is 10.1 Å². The molecule has 1 amide bonds. The molecule has 3 aromatic rings. The second-order valence-electron chi connectivity index (χ2n) is 6.78. The lowest BCUT2D eigenvalue weighted by Gasteiger charge is -2.12. The van der Waals surface area contributed by atoms with Crippen molar-refractivity contribution in [2.75, 3.05) is 12.4 Å². The first-order valence-corrected chi connectivity index (χ1v) is 9.92. The molecule has 0 saturated heterocycles. The number of nitrogens with one attached hydrogen (secondary N) is 1. The molecule has 0 fully saturated rings. The Balaban J connectivity index is 1.75. The number of nitrogens with zero attached hydrogens (tertiary/aromatic N) is 1. The Bertz CT molecular complexity index is 1150. The zero-order valence-electron chi connectivity index (χ0n) is 17.2. The third kappa shape index (κ3) is 5.88. The van der Waals surface area contributed by atoms with Gasteiger partial charge in [-0.25, -0.2) is 0 Å². The molecule has 0 heterocycles. The lowest BCUT2D eigenvalue weighted by atomic mass is 10.1. The number of ether oxygens (including phenoxy) is 2. The average molecular weight is 433 g/mol. The number of nitriles is 1. The van der Waals surface area contributed by atoms with Gasteiger partial charge in [0.15, 0.2) is 11.5 Å². The van der Waals surface area contributed by atoms with E-state index in [1.54, 1.807) is 36.4 Å². The van der Waals surface area contributed by atoms with Gasteiger partial charge in [-0.15, -0.1) is 0 Å². The predicted molar refractivity (Wildman–Crippen MR) is 122 cm³/mol. The normalized spacial score (nSPS) is 10.8. The molecule has 6 heteroatoms. The summed E-state index contributed by atoms with van der Waals surface area (Å²) in [5.41, 5.74) is 3.18. The van der Waals surface area contributed by atoms with Crippen LogP contribution in [-0.4, -0.2) is 13.0 Å². The fourth-order valence-corrected chi connectivity index (χ4v) is 3.01. The van der Waals surface area contributed by atoms with Gasteiger partial charge in [0.2, 0.25) is 0 Å². The maximum Gasteiger partial charge on any atom is 0.266 e. The summed E-state index contributed by atoms with van der Waals surface area (Å²) < 4.78 is 11.3. The Morgan fingerprint density at radius 2 is 1.84 bits per heavy atom. The zero-order valence-corrected chi connectivity index (χ0v) is 17.9. The maximum absolute atomic E-state index is 12.5. The fraction of sp³-hybridized carbons (Fsp3) is 0.120. The molecule has 0 aliphatic carbocycles. The van der Waals surface area contributed by atoms with Gasteiger partial charge in [0.1, 0.15) is 18.2 Å². The van der Waals surface area contributed by atoms with Crippen LogP contribution in [0.5, 0.6) is 11.5 Å². The lowest BCUT2D eigenvalue weighted by molar-refractivity contribution is -0.112. The number of benzene rings is 3. The fourth-order valence-electron chi connectivity index (χ4n) is 2.81.